The Kier molecular flexibility index (Phi) is 3.59. The van der Waals surface area contributed by atoms with E-state index in [4.69, 9.17) is 10.5 Å². The number of ketones is 1. The number of Topliss-reactive ketones (excluding diaryl/α,β-unsaturated/α-hetero) is 1. The van der Waals surface area contributed by atoms with E-state index in [2.05, 4.69) is 10.4 Å². The standard InChI is InChI=1S/C14H18N4O2S/c1-18-7-8(6-17-18)5-16-14-12(20-2)10(15)13(21-14)11(19)9-3-4-9/h6-7,9,16H,3-5,15H2,1-2H3. The number of carbonyl (C=O) groups is 1. The van der Waals surface area contributed by atoms with Crippen molar-refractivity contribution in [2.75, 3.05) is 18.2 Å². The Bertz CT molecular complexity index is 673. The fraction of sp³-hybridized carbons (Fsp3) is 0.429. The molecule has 1 aliphatic carbocycles. The summed E-state index contributed by atoms with van der Waals surface area (Å²) in [7, 11) is 3.44. The third-order valence-corrected chi connectivity index (χ3v) is 4.65. The first-order valence-electron chi connectivity index (χ1n) is 6.82. The molecule has 1 aliphatic rings. The summed E-state index contributed by atoms with van der Waals surface area (Å²) in [4.78, 5) is 12.8. The molecule has 0 aromatic carbocycles. The largest absolute Gasteiger partial charge is 0.492 e. The summed E-state index contributed by atoms with van der Waals surface area (Å²) >= 11 is 1.38. The maximum Gasteiger partial charge on any atom is 0.178 e. The van der Waals surface area contributed by atoms with E-state index in [-0.39, 0.29) is 11.7 Å². The van der Waals surface area contributed by atoms with Crippen molar-refractivity contribution in [3.8, 4) is 5.75 Å². The lowest BCUT2D eigenvalue weighted by molar-refractivity contribution is 0.0972. The number of carbonyl (C=O) groups excluding carboxylic acids is 1. The number of hydrogen-bond acceptors (Lipinski definition) is 6. The Hall–Kier alpha value is -2.02. The number of rotatable bonds is 6. The molecule has 0 saturated heterocycles. The predicted molar refractivity (Wildman–Crippen MR) is 82.9 cm³/mol. The molecule has 3 N–H and O–H groups in total. The molecule has 1 saturated carbocycles. The lowest BCUT2D eigenvalue weighted by Gasteiger charge is -2.05. The minimum Gasteiger partial charge on any atom is -0.492 e. The first-order valence-corrected chi connectivity index (χ1v) is 7.63. The van der Waals surface area contributed by atoms with E-state index in [0.717, 1.165) is 23.4 Å². The van der Waals surface area contributed by atoms with Gasteiger partial charge in [-0.2, -0.15) is 5.10 Å². The van der Waals surface area contributed by atoms with Gasteiger partial charge in [0.15, 0.2) is 11.5 Å². The van der Waals surface area contributed by atoms with E-state index in [1.807, 2.05) is 13.2 Å². The highest BCUT2D eigenvalue weighted by Crippen LogP contribution is 2.46. The van der Waals surface area contributed by atoms with Crippen LogP contribution >= 0.6 is 11.3 Å². The maximum atomic E-state index is 12.2. The molecule has 2 heterocycles. The zero-order valence-corrected chi connectivity index (χ0v) is 12.9. The second-order valence-electron chi connectivity index (χ2n) is 5.22. The molecule has 3 rings (SSSR count). The first kappa shape index (κ1) is 13.9. The van der Waals surface area contributed by atoms with Gasteiger partial charge in [-0.1, -0.05) is 0 Å². The Morgan fingerprint density at radius 3 is 2.95 bits per heavy atom. The molecule has 2 aromatic heterocycles. The molecule has 0 aliphatic heterocycles. The van der Waals surface area contributed by atoms with Gasteiger partial charge in [-0.25, -0.2) is 0 Å². The number of hydrogen-bond donors (Lipinski definition) is 2. The molecule has 2 aromatic rings. The van der Waals surface area contributed by atoms with Crippen molar-refractivity contribution in [2.45, 2.75) is 19.4 Å². The van der Waals surface area contributed by atoms with E-state index in [1.54, 1.807) is 18.0 Å². The van der Waals surface area contributed by atoms with E-state index < -0.39 is 0 Å². The number of aromatic nitrogens is 2. The molecule has 21 heavy (non-hydrogen) atoms. The molecule has 0 unspecified atom stereocenters. The fourth-order valence-corrected chi connectivity index (χ4v) is 3.31. The monoisotopic (exact) mass is 306 g/mol. The number of thiophene rings is 1. The van der Waals surface area contributed by atoms with Crippen LogP contribution in [0.5, 0.6) is 5.75 Å². The number of ether oxygens (including phenoxy) is 1. The molecule has 0 spiro atoms. The zero-order valence-electron chi connectivity index (χ0n) is 12.0. The molecule has 0 atom stereocenters. The van der Waals surface area contributed by atoms with Crippen LogP contribution in [-0.4, -0.2) is 22.7 Å². The van der Waals surface area contributed by atoms with Crippen LogP contribution in [0.4, 0.5) is 10.7 Å². The lowest BCUT2D eigenvalue weighted by Crippen LogP contribution is -2.02. The number of nitrogens with one attached hydrogen (secondary N) is 1. The Morgan fingerprint density at radius 2 is 2.38 bits per heavy atom. The lowest BCUT2D eigenvalue weighted by atomic mass is 10.2. The smallest absolute Gasteiger partial charge is 0.178 e. The van der Waals surface area contributed by atoms with Crippen LogP contribution < -0.4 is 15.8 Å². The first-order chi connectivity index (χ1) is 10.1. The van der Waals surface area contributed by atoms with Crippen molar-refractivity contribution < 1.29 is 9.53 Å². The van der Waals surface area contributed by atoms with Gasteiger partial charge in [-0.05, 0) is 12.8 Å². The number of methoxy groups -OCH3 is 1. The summed E-state index contributed by atoms with van der Waals surface area (Å²) in [6, 6.07) is 0. The molecular formula is C14H18N4O2S. The third-order valence-electron chi connectivity index (χ3n) is 3.49. The average molecular weight is 306 g/mol. The predicted octanol–water partition coefficient (Wildman–Crippen LogP) is 2.28. The normalized spacial score (nSPS) is 14.2. The summed E-state index contributed by atoms with van der Waals surface area (Å²) in [6.07, 6.45) is 5.67. The quantitative estimate of drug-likeness (QED) is 0.800. The van der Waals surface area contributed by atoms with Crippen molar-refractivity contribution >= 4 is 27.8 Å². The fourth-order valence-electron chi connectivity index (χ4n) is 2.21. The second-order valence-corrected chi connectivity index (χ2v) is 6.24. The van der Waals surface area contributed by atoms with Gasteiger partial charge in [0.1, 0.15) is 5.00 Å². The minimum atomic E-state index is 0.144. The summed E-state index contributed by atoms with van der Waals surface area (Å²) < 4.78 is 7.10. The van der Waals surface area contributed by atoms with Gasteiger partial charge in [0.25, 0.3) is 0 Å². The Balaban J connectivity index is 1.80. The van der Waals surface area contributed by atoms with Gasteiger partial charge in [0, 0.05) is 31.3 Å². The van der Waals surface area contributed by atoms with Crippen molar-refractivity contribution in [1.29, 1.82) is 0 Å². The molecule has 6 nitrogen and oxygen atoms in total. The summed E-state index contributed by atoms with van der Waals surface area (Å²) in [5, 5.41) is 8.20. The number of nitrogens with two attached hydrogens (primary N) is 1. The van der Waals surface area contributed by atoms with Crippen LogP contribution in [0, 0.1) is 5.92 Å². The Morgan fingerprint density at radius 1 is 1.62 bits per heavy atom. The molecule has 0 amide bonds. The van der Waals surface area contributed by atoms with Gasteiger partial charge < -0.3 is 15.8 Å². The second kappa shape index (κ2) is 5.40. The van der Waals surface area contributed by atoms with E-state index >= 15 is 0 Å². The van der Waals surface area contributed by atoms with E-state index in [1.165, 1.54) is 11.3 Å². The van der Waals surface area contributed by atoms with Gasteiger partial charge in [-0.15, -0.1) is 11.3 Å². The topological polar surface area (TPSA) is 82.2 Å². The summed E-state index contributed by atoms with van der Waals surface area (Å²) in [5.74, 6) is 0.861. The molecule has 0 radical (unpaired) electrons. The number of nitrogens with zero attached hydrogens (tertiary/aromatic N) is 2. The summed E-state index contributed by atoms with van der Waals surface area (Å²) in [6.45, 7) is 0.612. The van der Waals surface area contributed by atoms with Gasteiger partial charge in [0.05, 0.1) is 23.9 Å². The summed E-state index contributed by atoms with van der Waals surface area (Å²) in [5.41, 5.74) is 7.57. The number of aryl methyl sites for hydroxylation is 1. The van der Waals surface area contributed by atoms with Crippen molar-refractivity contribution in [1.82, 2.24) is 9.78 Å². The van der Waals surface area contributed by atoms with Crippen molar-refractivity contribution in [3.63, 3.8) is 0 Å². The van der Waals surface area contributed by atoms with E-state index in [0.29, 0.717) is 22.9 Å². The number of nitrogen functional groups attached to an aromatic ring is 1. The van der Waals surface area contributed by atoms with Gasteiger partial charge in [-0.3, -0.25) is 9.48 Å². The zero-order chi connectivity index (χ0) is 15.0. The van der Waals surface area contributed by atoms with Crippen LogP contribution in [-0.2, 0) is 13.6 Å². The van der Waals surface area contributed by atoms with Crippen LogP contribution in [0.25, 0.3) is 0 Å². The van der Waals surface area contributed by atoms with Gasteiger partial charge >= 0.3 is 0 Å². The highest BCUT2D eigenvalue weighted by molar-refractivity contribution is 7.19. The highest BCUT2D eigenvalue weighted by Gasteiger charge is 2.34. The molecule has 7 heteroatoms. The van der Waals surface area contributed by atoms with Crippen molar-refractivity contribution in [2.24, 2.45) is 13.0 Å². The molecule has 112 valence electrons. The third kappa shape index (κ3) is 2.73. The van der Waals surface area contributed by atoms with Gasteiger partial charge in [0.2, 0.25) is 0 Å². The molecular weight excluding hydrogens is 288 g/mol. The van der Waals surface area contributed by atoms with E-state index in [9.17, 15) is 4.79 Å². The van der Waals surface area contributed by atoms with Crippen LogP contribution in [0.3, 0.4) is 0 Å². The minimum absolute atomic E-state index is 0.144. The van der Waals surface area contributed by atoms with Crippen LogP contribution in [0.15, 0.2) is 12.4 Å². The molecule has 1 fully saturated rings. The number of anilines is 2. The maximum absolute atomic E-state index is 12.2. The molecule has 0 bridgehead atoms. The highest BCUT2D eigenvalue weighted by atomic mass is 32.1. The average Bonchev–Trinajstić information content (AvgIpc) is 3.16. The van der Waals surface area contributed by atoms with Crippen molar-refractivity contribution in [3.05, 3.63) is 22.8 Å². The van der Waals surface area contributed by atoms with Crippen LogP contribution in [0.1, 0.15) is 28.1 Å². The SMILES string of the molecule is COc1c(NCc2cnn(C)c2)sc(C(=O)C2CC2)c1N. The Labute approximate surface area is 126 Å². The van der Waals surface area contributed by atoms with Crippen LogP contribution in [0.2, 0.25) is 0 Å².